The van der Waals surface area contributed by atoms with Gasteiger partial charge < -0.3 is 15.0 Å². The maximum atomic E-state index is 13.6. The summed E-state index contributed by atoms with van der Waals surface area (Å²) in [7, 11) is -2.36. The molecule has 0 heterocycles. The molecule has 0 aliphatic rings. The third kappa shape index (κ3) is 8.59. The van der Waals surface area contributed by atoms with Gasteiger partial charge in [-0.2, -0.15) is 0 Å². The summed E-state index contributed by atoms with van der Waals surface area (Å²) < 4.78 is 31.4. The highest BCUT2D eigenvalue weighted by atomic mass is 35.5. The van der Waals surface area contributed by atoms with Crippen molar-refractivity contribution in [3.05, 3.63) is 58.1 Å². The molecule has 1 atom stereocenters. The van der Waals surface area contributed by atoms with Crippen LogP contribution in [0.3, 0.4) is 0 Å². The average Bonchev–Trinajstić information content (AvgIpc) is 2.72. The first-order valence-corrected chi connectivity index (χ1v) is 13.4. The predicted octanol–water partition coefficient (Wildman–Crippen LogP) is 4.10. The number of carbonyl (C=O) groups excluding carboxylic acids is 2. The largest absolute Gasteiger partial charge is 0.497 e. The van der Waals surface area contributed by atoms with Crippen molar-refractivity contribution in [3.63, 3.8) is 0 Å². The zero-order valence-electron chi connectivity index (χ0n) is 20.6. The van der Waals surface area contributed by atoms with Gasteiger partial charge in [-0.05, 0) is 63.6 Å². The third-order valence-electron chi connectivity index (χ3n) is 4.97. The molecule has 8 nitrogen and oxygen atoms in total. The molecule has 0 unspecified atom stereocenters. The van der Waals surface area contributed by atoms with Gasteiger partial charge in [0.15, 0.2) is 0 Å². The minimum absolute atomic E-state index is 0.0582. The monoisotopic (exact) mass is 543 g/mol. The van der Waals surface area contributed by atoms with E-state index < -0.39 is 34.1 Å². The smallest absolute Gasteiger partial charge is 0.244 e. The molecule has 0 aliphatic heterocycles. The summed E-state index contributed by atoms with van der Waals surface area (Å²) in [6, 6.07) is 10.5. The van der Waals surface area contributed by atoms with Crippen LogP contribution in [-0.4, -0.2) is 56.6 Å². The Morgan fingerprint density at radius 3 is 2.20 bits per heavy atom. The highest BCUT2D eigenvalue weighted by molar-refractivity contribution is 7.92. The number of hydrogen-bond acceptors (Lipinski definition) is 5. The molecule has 0 spiro atoms. The molecule has 2 aromatic carbocycles. The Labute approximate surface area is 217 Å². The second-order valence-electron chi connectivity index (χ2n) is 9.19. The van der Waals surface area contributed by atoms with Crippen LogP contribution in [0.1, 0.15) is 33.3 Å². The molecular formula is C24H31Cl2N3O5S. The summed E-state index contributed by atoms with van der Waals surface area (Å²) >= 11 is 12.1. The molecule has 0 bridgehead atoms. The van der Waals surface area contributed by atoms with E-state index in [4.69, 9.17) is 27.9 Å². The number of ether oxygens (including phenoxy) is 1. The number of benzene rings is 2. The fourth-order valence-corrected chi connectivity index (χ4v) is 4.67. The number of hydrogen-bond donors (Lipinski definition) is 1. The lowest BCUT2D eigenvalue weighted by atomic mass is 10.1. The number of anilines is 1. The molecule has 2 amide bonds. The van der Waals surface area contributed by atoms with Crippen LogP contribution >= 0.6 is 23.2 Å². The first-order valence-electron chi connectivity index (χ1n) is 10.8. The van der Waals surface area contributed by atoms with E-state index in [0.29, 0.717) is 11.3 Å². The van der Waals surface area contributed by atoms with Crippen LogP contribution in [0.4, 0.5) is 5.69 Å². The Morgan fingerprint density at radius 2 is 1.69 bits per heavy atom. The molecule has 192 valence electrons. The summed E-state index contributed by atoms with van der Waals surface area (Å²) in [5, 5.41) is 3.31. The van der Waals surface area contributed by atoms with Crippen LogP contribution < -0.4 is 14.4 Å². The topological polar surface area (TPSA) is 96.0 Å². The quantitative estimate of drug-likeness (QED) is 0.513. The van der Waals surface area contributed by atoms with Gasteiger partial charge in [-0.1, -0.05) is 35.3 Å². The fourth-order valence-electron chi connectivity index (χ4n) is 3.32. The van der Waals surface area contributed by atoms with Crippen molar-refractivity contribution >= 4 is 50.7 Å². The fraction of sp³-hybridized carbons (Fsp3) is 0.417. The van der Waals surface area contributed by atoms with Crippen LogP contribution in [0.5, 0.6) is 5.75 Å². The van der Waals surface area contributed by atoms with E-state index in [-0.39, 0.29) is 28.2 Å². The SMILES string of the molecule is COc1cccc(CN(C(=O)CN(c2cc(Cl)cc(Cl)c2)S(C)(=O)=O)[C@@H](C)C(=O)NC(C)(C)C)c1. The van der Waals surface area contributed by atoms with Crippen molar-refractivity contribution in [1.29, 1.82) is 0 Å². The van der Waals surface area contributed by atoms with Crippen molar-refractivity contribution in [1.82, 2.24) is 10.2 Å². The van der Waals surface area contributed by atoms with Crippen LogP contribution in [0.25, 0.3) is 0 Å². The van der Waals surface area contributed by atoms with E-state index >= 15 is 0 Å². The number of halogens is 2. The van der Waals surface area contributed by atoms with Gasteiger partial charge in [0.1, 0.15) is 18.3 Å². The van der Waals surface area contributed by atoms with Crippen molar-refractivity contribution in [3.8, 4) is 5.75 Å². The molecule has 0 saturated carbocycles. The van der Waals surface area contributed by atoms with Gasteiger partial charge in [-0.15, -0.1) is 0 Å². The molecule has 0 radical (unpaired) electrons. The predicted molar refractivity (Wildman–Crippen MR) is 140 cm³/mol. The third-order valence-corrected chi connectivity index (χ3v) is 6.54. The van der Waals surface area contributed by atoms with Gasteiger partial charge in [-0.25, -0.2) is 8.42 Å². The number of nitrogens with one attached hydrogen (secondary N) is 1. The number of nitrogens with zero attached hydrogens (tertiary/aromatic N) is 2. The van der Waals surface area contributed by atoms with E-state index in [2.05, 4.69) is 5.32 Å². The zero-order chi connectivity index (χ0) is 26.6. The van der Waals surface area contributed by atoms with Gasteiger partial charge >= 0.3 is 0 Å². The van der Waals surface area contributed by atoms with E-state index in [0.717, 1.165) is 10.6 Å². The van der Waals surface area contributed by atoms with Crippen molar-refractivity contribution < 1.29 is 22.7 Å². The number of sulfonamides is 1. The van der Waals surface area contributed by atoms with Crippen molar-refractivity contribution in [2.75, 3.05) is 24.2 Å². The summed E-state index contributed by atoms with van der Waals surface area (Å²) in [5.41, 5.74) is 0.336. The van der Waals surface area contributed by atoms with Crippen LogP contribution in [0, 0.1) is 0 Å². The molecule has 2 aromatic rings. The average molecular weight is 545 g/mol. The Balaban J connectivity index is 2.45. The molecular weight excluding hydrogens is 513 g/mol. The number of methoxy groups -OCH3 is 1. The summed E-state index contributed by atoms with van der Waals surface area (Å²) in [4.78, 5) is 27.9. The normalized spacial score (nSPS) is 12.6. The van der Waals surface area contributed by atoms with Crippen LogP contribution in [-0.2, 0) is 26.2 Å². The minimum atomic E-state index is -3.89. The summed E-state index contributed by atoms with van der Waals surface area (Å²) in [5.74, 6) is -0.357. The minimum Gasteiger partial charge on any atom is -0.497 e. The maximum absolute atomic E-state index is 13.6. The van der Waals surface area contributed by atoms with Crippen LogP contribution in [0.2, 0.25) is 10.0 Å². The van der Waals surface area contributed by atoms with E-state index in [9.17, 15) is 18.0 Å². The molecule has 0 saturated heterocycles. The lowest BCUT2D eigenvalue weighted by Crippen LogP contribution is -2.54. The standard InChI is InChI=1S/C24H31Cl2N3O5S/c1-16(23(31)27-24(2,3)4)28(14-17-8-7-9-21(10-17)34-5)22(30)15-29(35(6,32)33)20-12-18(25)11-19(26)13-20/h7-13,16H,14-15H2,1-6H3,(H,27,31)/t16-/m0/s1. The van der Waals surface area contributed by atoms with Gasteiger partial charge in [0.05, 0.1) is 19.1 Å². The number of rotatable bonds is 9. The van der Waals surface area contributed by atoms with E-state index in [1.54, 1.807) is 31.2 Å². The highest BCUT2D eigenvalue weighted by Crippen LogP contribution is 2.27. The molecule has 2 rings (SSSR count). The number of amides is 2. The van der Waals surface area contributed by atoms with Gasteiger partial charge in [-0.3, -0.25) is 13.9 Å². The first-order chi connectivity index (χ1) is 16.1. The van der Waals surface area contributed by atoms with Crippen molar-refractivity contribution in [2.24, 2.45) is 0 Å². The van der Waals surface area contributed by atoms with E-state index in [1.807, 2.05) is 20.8 Å². The summed E-state index contributed by atoms with van der Waals surface area (Å²) in [6.45, 7) is 6.61. The molecule has 11 heteroatoms. The second kappa shape index (κ2) is 11.5. The van der Waals surface area contributed by atoms with Crippen LogP contribution in [0.15, 0.2) is 42.5 Å². The summed E-state index contributed by atoms with van der Waals surface area (Å²) in [6.07, 6.45) is 0.983. The van der Waals surface area contributed by atoms with Gasteiger partial charge in [0.25, 0.3) is 0 Å². The Kier molecular flexibility index (Phi) is 9.44. The maximum Gasteiger partial charge on any atom is 0.244 e. The molecule has 35 heavy (non-hydrogen) atoms. The Bertz CT molecular complexity index is 1160. The lowest BCUT2D eigenvalue weighted by molar-refractivity contribution is -0.140. The Morgan fingerprint density at radius 1 is 1.09 bits per heavy atom. The molecule has 0 fully saturated rings. The first kappa shape index (κ1) is 28.7. The molecule has 0 aromatic heterocycles. The Hall–Kier alpha value is -2.49. The highest BCUT2D eigenvalue weighted by Gasteiger charge is 2.31. The van der Waals surface area contributed by atoms with Gasteiger partial charge in [0, 0.05) is 22.1 Å². The van der Waals surface area contributed by atoms with E-state index in [1.165, 1.54) is 30.2 Å². The molecule has 0 aliphatic carbocycles. The number of carbonyl (C=O) groups is 2. The lowest BCUT2D eigenvalue weighted by Gasteiger charge is -2.33. The van der Waals surface area contributed by atoms with Gasteiger partial charge in [0.2, 0.25) is 21.8 Å². The molecule has 1 N–H and O–H groups in total. The zero-order valence-corrected chi connectivity index (χ0v) is 23.0. The van der Waals surface area contributed by atoms with Crippen molar-refractivity contribution in [2.45, 2.75) is 45.8 Å². The second-order valence-corrected chi connectivity index (χ2v) is 12.0.